The van der Waals surface area contributed by atoms with Gasteiger partial charge in [0.25, 0.3) is 5.91 Å². The van der Waals surface area contributed by atoms with E-state index in [0.717, 1.165) is 0 Å². The van der Waals surface area contributed by atoms with Gasteiger partial charge in [-0.2, -0.15) is 0 Å². The van der Waals surface area contributed by atoms with Gasteiger partial charge in [-0.05, 0) is 18.6 Å². The van der Waals surface area contributed by atoms with E-state index < -0.39 is 6.10 Å². The average molecular weight is 237 g/mol. The summed E-state index contributed by atoms with van der Waals surface area (Å²) < 4.78 is 11.0. The molecule has 5 nitrogen and oxygen atoms in total. The largest absolute Gasteiger partial charge is 0.485 e. The number of para-hydroxylation sites is 2. The summed E-state index contributed by atoms with van der Waals surface area (Å²) in [6, 6.07) is 7.25. The van der Waals surface area contributed by atoms with Crippen LogP contribution < -0.4 is 14.8 Å². The van der Waals surface area contributed by atoms with E-state index in [-0.39, 0.29) is 19.1 Å². The molecule has 2 N–H and O–H groups in total. The van der Waals surface area contributed by atoms with E-state index in [0.29, 0.717) is 24.5 Å². The molecule has 1 aliphatic rings. The highest BCUT2D eigenvalue weighted by molar-refractivity contribution is 5.81. The summed E-state index contributed by atoms with van der Waals surface area (Å²) in [6.07, 6.45) is -0.0841. The van der Waals surface area contributed by atoms with Gasteiger partial charge < -0.3 is 19.9 Å². The Kier molecular flexibility index (Phi) is 3.82. The summed E-state index contributed by atoms with van der Waals surface area (Å²) in [7, 11) is 0. The Morgan fingerprint density at radius 3 is 2.94 bits per heavy atom. The molecule has 0 fully saturated rings. The van der Waals surface area contributed by atoms with E-state index in [1.807, 2.05) is 12.1 Å². The van der Waals surface area contributed by atoms with Crippen molar-refractivity contribution in [2.75, 3.05) is 19.8 Å². The van der Waals surface area contributed by atoms with Gasteiger partial charge in [-0.1, -0.05) is 12.1 Å². The molecule has 0 saturated heterocycles. The minimum Gasteiger partial charge on any atom is -0.485 e. The van der Waals surface area contributed by atoms with Gasteiger partial charge in [0.15, 0.2) is 11.5 Å². The molecule has 0 bridgehead atoms. The van der Waals surface area contributed by atoms with Crippen molar-refractivity contribution in [1.82, 2.24) is 5.32 Å². The number of hydrogen-bond acceptors (Lipinski definition) is 4. The number of ether oxygens (including phenoxy) is 2. The highest BCUT2D eigenvalue weighted by Crippen LogP contribution is 2.30. The number of nitrogens with one attached hydrogen (secondary N) is 1. The van der Waals surface area contributed by atoms with Crippen LogP contribution in [0.3, 0.4) is 0 Å². The molecular weight excluding hydrogens is 222 g/mol. The Morgan fingerprint density at radius 2 is 2.18 bits per heavy atom. The zero-order valence-electron chi connectivity index (χ0n) is 9.39. The van der Waals surface area contributed by atoms with Gasteiger partial charge in [0.1, 0.15) is 6.61 Å². The van der Waals surface area contributed by atoms with Crippen LogP contribution in [0, 0.1) is 0 Å². The number of rotatable bonds is 4. The Hall–Kier alpha value is -1.75. The van der Waals surface area contributed by atoms with Gasteiger partial charge >= 0.3 is 0 Å². The highest BCUT2D eigenvalue weighted by Gasteiger charge is 2.26. The molecule has 1 atom stereocenters. The maximum absolute atomic E-state index is 11.7. The van der Waals surface area contributed by atoms with Crippen molar-refractivity contribution in [1.29, 1.82) is 0 Å². The fourth-order valence-electron chi connectivity index (χ4n) is 1.55. The Labute approximate surface area is 99.3 Å². The average Bonchev–Trinajstić information content (AvgIpc) is 2.38. The fraction of sp³-hybridized carbons (Fsp3) is 0.417. The number of carbonyl (C=O) groups is 1. The SMILES string of the molecule is O=C(NCCCO)C1COc2ccccc2O1. The van der Waals surface area contributed by atoms with Crippen LogP contribution in [0.2, 0.25) is 0 Å². The van der Waals surface area contributed by atoms with Crippen LogP contribution in [0.25, 0.3) is 0 Å². The first-order valence-electron chi connectivity index (χ1n) is 5.58. The van der Waals surface area contributed by atoms with Crippen molar-refractivity contribution in [3.63, 3.8) is 0 Å². The second-order valence-electron chi connectivity index (χ2n) is 3.73. The van der Waals surface area contributed by atoms with E-state index in [1.165, 1.54) is 0 Å². The summed E-state index contributed by atoms with van der Waals surface area (Å²) in [5, 5.41) is 11.3. The monoisotopic (exact) mass is 237 g/mol. The van der Waals surface area contributed by atoms with Gasteiger partial charge in [0.2, 0.25) is 6.10 Å². The van der Waals surface area contributed by atoms with Crippen LogP contribution in [0.15, 0.2) is 24.3 Å². The number of aliphatic hydroxyl groups is 1. The number of hydrogen-bond donors (Lipinski definition) is 2. The first kappa shape index (κ1) is 11.7. The summed E-state index contributed by atoms with van der Waals surface area (Å²) in [4.78, 5) is 11.7. The van der Waals surface area contributed by atoms with E-state index in [1.54, 1.807) is 12.1 Å². The molecular formula is C12H15NO4. The van der Waals surface area contributed by atoms with Crippen LogP contribution in [0.1, 0.15) is 6.42 Å². The third-order valence-corrected chi connectivity index (χ3v) is 2.44. The molecule has 1 aliphatic heterocycles. The maximum Gasteiger partial charge on any atom is 0.264 e. The molecule has 2 rings (SSSR count). The van der Waals surface area contributed by atoms with E-state index >= 15 is 0 Å². The molecule has 0 radical (unpaired) electrons. The second-order valence-corrected chi connectivity index (χ2v) is 3.73. The van der Waals surface area contributed by atoms with Gasteiger partial charge in [0.05, 0.1) is 0 Å². The summed E-state index contributed by atoms with van der Waals surface area (Å²) in [6.45, 7) is 0.712. The predicted octanol–water partition coefficient (Wildman–Crippen LogP) is 0.325. The minimum absolute atomic E-state index is 0.0607. The first-order chi connectivity index (χ1) is 8.31. The lowest BCUT2D eigenvalue weighted by atomic mass is 10.2. The normalized spacial score (nSPS) is 17.6. The highest BCUT2D eigenvalue weighted by atomic mass is 16.6. The zero-order valence-corrected chi connectivity index (χ0v) is 9.39. The number of carbonyl (C=O) groups excluding carboxylic acids is 1. The smallest absolute Gasteiger partial charge is 0.264 e. The van der Waals surface area contributed by atoms with E-state index in [2.05, 4.69) is 5.32 Å². The summed E-state index contributed by atoms with van der Waals surface area (Å²) in [5.41, 5.74) is 0. The Morgan fingerprint density at radius 1 is 1.41 bits per heavy atom. The number of amides is 1. The van der Waals surface area contributed by atoms with Crippen LogP contribution in [0.4, 0.5) is 0 Å². The number of aliphatic hydroxyl groups excluding tert-OH is 1. The lowest BCUT2D eigenvalue weighted by Crippen LogP contribution is -2.44. The summed E-state index contributed by atoms with van der Waals surface area (Å²) >= 11 is 0. The van der Waals surface area contributed by atoms with Crippen molar-refractivity contribution >= 4 is 5.91 Å². The lowest BCUT2D eigenvalue weighted by Gasteiger charge is -2.25. The molecule has 17 heavy (non-hydrogen) atoms. The zero-order chi connectivity index (χ0) is 12.1. The van der Waals surface area contributed by atoms with Crippen LogP contribution >= 0.6 is 0 Å². The molecule has 0 aliphatic carbocycles. The van der Waals surface area contributed by atoms with Crippen LogP contribution in [-0.2, 0) is 4.79 Å². The molecule has 1 aromatic carbocycles. The lowest BCUT2D eigenvalue weighted by molar-refractivity contribution is -0.130. The molecule has 1 heterocycles. The van der Waals surface area contributed by atoms with Crippen LogP contribution in [0.5, 0.6) is 11.5 Å². The quantitative estimate of drug-likeness (QED) is 0.740. The van der Waals surface area contributed by atoms with Gasteiger partial charge in [-0.3, -0.25) is 4.79 Å². The molecule has 1 amide bonds. The molecule has 1 unspecified atom stereocenters. The van der Waals surface area contributed by atoms with Gasteiger partial charge in [-0.25, -0.2) is 0 Å². The fourth-order valence-corrected chi connectivity index (χ4v) is 1.55. The Balaban J connectivity index is 1.91. The molecule has 0 saturated carbocycles. The predicted molar refractivity (Wildman–Crippen MR) is 61.1 cm³/mol. The van der Waals surface area contributed by atoms with Gasteiger partial charge in [-0.15, -0.1) is 0 Å². The Bertz CT molecular complexity index is 394. The minimum atomic E-state index is -0.622. The number of fused-ring (bicyclic) bond motifs is 1. The van der Waals surface area contributed by atoms with Crippen molar-refractivity contribution in [3.8, 4) is 11.5 Å². The molecule has 1 aromatic rings. The standard InChI is InChI=1S/C12H15NO4/c14-7-3-6-13-12(15)11-8-16-9-4-1-2-5-10(9)17-11/h1-2,4-5,11,14H,3,6-8H2,(H,13,15). The van der Waals surface area contributed by atoms with Crippen molar-refractivity contribution in [3.05, 3.63) is 24.3 Å². The van der Waals surface area contributed by atoms with E-state index in [9.17, 15) is 4.79 Å². The third kappa shape index (κ3) is 2.88. The first-order valence-corrected chi connectivity index (χ1v) is 5.58. The molecule has 92 valence electrons. The second kappa shape index (κ2) is 5.54. The van der Waals surface area contributed by atoms with Gasteiger partial charge in [0, 0.05) is 13.2 Å². The maximum atomic E-state index is 11.7. The van der Waals surface area contributed by atoms with E-state index in [4.69, 9.17) is 14.6 Å². The molecule has 5 heteroatoms. The van der Waals surface area contributed by atoms with Crippen molar-refractivity contribution in [2.24, 2.45) is 0 Å². The molecule has 0 spiro atoms. The third-order valence-electron chi connectivity index (χ3n) is 2.44. The summed E-state index contributed by atoms with van der Waals surface area (Å²) in [5.74, 6) is 1.03. The van der Waals surface area contributed by atoms with Crippen LogP contribution in [-0.4, -0.2) is 36.9 Å². The number of benzene rings is 1. The van der Waals surface area contributed by atoms with Crippen molar-refractivity contribution < 1.29 is 19.4 Å². The topological polar surface area (TPSA) is 67.8 Å². The van der Waals surface area contributed by atoms with Crippen molar-refractivity contribution in [2.45, 2.75) is 12.5 Å². The molecule has 0 aromatic heterocycles.